The van der Waals surface area contributed by atoms with Crippen molar-refractivity contribution in [1.82, 2.24) is 0 Å². The molecule has 8 heteroatoms. The van der Waals surface area contributed by atoms with E-state index < -0.39 is 13.8 Å². The Morgan fingerprint density at radius 2 is 1.96 bits per heavy atom. The number of rotatable bonds is 7. The number of carbonyl (C=O) groups is 1. The summed E-state index contributed by atoms with van der Waals surface area (Å²) in [5.74, 6) is 0.215. The Morgan fingerprint density at radius 3 is 2.68 bits per heavy atom. The number of hydrogen-bond acceptors (Lipinski definition) is 4. The van der Waals surface area contributed by atoms with E-state index in [9.17, 15) is 19.1 Å². The van der Waals surface area contributed by atoms with E-state index in [4.69, 9.17) is 9.47 Å². The highest BCUT2D eigenvalue weighted by Crippen LogP contribution is 2.33. The minimum atomic E-state index is -4.30. The van der Waals surface area contributed by atoms with Crippen molar-refractivity contribution in [3.05, 3.63) is 59.7 Å². The van der Waals surface area contributed by atoms with Crippen molar-refractivity contribution in [2.45, 2.75) is 32.6 Å². The first-order valence-corrected chi connectivity index (χ1v) is 10.6. The normalized spacial score (nSPS) is 17.5. The van der Waals surface area contributed by atoms with Crippen molar-refractivity contribution in [1.29, 1.82) is 0 Å². The van der Waals surface area contributed by atoms with Crippen LogP contribution in [0.2, 0.25) is 0 Å². The van der Waals surface area contributed by atoms with Gasteiger partial charge in [0.25, 0.3) is 5.91 Å². The third-order valence-electron chi connectivity index (χ3n) is 4.55. The van der Waals surface area contributed by atoms with Crippen molar-refractivity contribution in [3.63, 3.8) is 0 Å². The minimum absolute atomic E-state index is 0.00632. The molecule has 150 valence electrons. The first kappa shape index (κ1) is 20.7. The van der Waals surface area contributed by atoms with Crippen LogP contribution in [0.1, 0.15) is 30.9 Å². The third-order valence-corrected chi connectivity index (χ3v) is 5.50. The third kappa shape index (κ3) is 4.87. The summed E-state index contributed by atoms with van der Waals surface area (Å²) in [6.07, 6.45) is -0.542. The maximum Gasteiger partial charge on any atom is 0.356 e. The van der Waals surface area contributed by atoms with Crippen molar-refractivity contribution in [3.8, 4) is 0 Å². The average molecular weight is 405 g/mol. The molecule has 1 aliphatic heterocycles. The van der Waals surface area contributed by atoms with E-state index in [0.717, 1.165) is 11.3 Å². The number of hydrogen-bond donors (Lipinski definition) is 2. The number of carbonyl (C=O) groups excluding carboxylic acids is 1. The molecular formula is C20H24NO6P. The molecule has 2 N–H and O–H groups in total. The van der Waals surface area contributed by atoms with Gasteiger partial charge < -0.3 is 19.3 Å². The van der Waals surface area contributed by atoms with Gasteiger partial charge in [-0.25, -0.2) is 0 Å². The topological polar surface area (TPSA) is 96.3 Å². The summed E-state index contributed by atoms with van der Waals surface area (Å²) in [6, 6.07) is 13.9. The quantitative estimate of drug-likeness (QED) is 0.688. The highest BCUT2D eigenvalue weighted by molar-refractivity contribution is 7.60. The summed E-state index contributed by atoms with van der Waals surface area (Å²) in [7, 11) is -4.30. The Kier molecular flexibility index (Phi) is 6.33. The highest BCUT2D eigenvalue weighted by Gasteiger charge is 2.33. The predicted octanol–water partition coefficient (Wildman–Crippen LogP) is 2.52. The first-order valence-electron chi connectivity index (χ1n) is 9.02. The summed E-state index contributed by atoms with van der Waals surface area (Å²) in [5, 5.41) is -0.0481. The lowest BCUT2D eigenvalue weighted by molar-refractivity contribution is -0.117. The monoisotopic (exact) mass is 405 g/mol. The van der Waals surface area contributed by atoms with E-state index in [2.05, 4.69) is 13.8 Å². The van der Waals surface area contributed by atoms with Gasteiger partial charge in [-0.15, -0.1) is 0 Å². The van der Waals surface area contributed by atoms with E-state index in [1.807, 2.05) is 24.3 Å². The minimum Gasteiger partial charge on any atom is -0.372 e. The molecule has 28 heavy (non-hydrogen) atoms. The van der Waals surface area contributed by atoms with Crippen LogP contribution in [0.25, 0.3) is 0 Å². The number of anilines is 1. The van der Waals surface area contributed by atoms with Crippen LogP contribution >= 0.6 is 7.60 Å². The van der Waals surface area contributed by atoms with Crippen LogP contribution in [0.15, 0.2) is 48.5 Å². The van der Waals surface area contributed by atoms with Gasteiger partial charge >= 0.3 is 7.60 Å². The van der Waals surface area contributed by atoms with Crippen molar-refractivity contribution in [2.24, 2.45) is 0 Å². The number of nitrogens with zero attached hydrogens (tertiary/aromatic N) is 1. The standard InChI is InChI=1S/C20H24NO6P/c1-14(2)16-6-4-7-17(10-16)21-19(22)12-27-20(21)13-26-11-15-5-3-8-18(9-15)28(23,24)25/h3-10,14,20H,11-13H2,1-2H3,(H2,23,24,25). The summed E-state index contributed by atoms with van der Waals surface area (Å²) in [4.78, 5) is 32.4. The largest absolute Gasteiger partial charge is 0.372 e. The summed E-state index contributed by atoms with van der Waals surface area (Å²) < 4.78 is 22.6. The Labute approximate surface area is 164 Å². The Bertz CT molecular complexity index is 894. The molecule has 7 nitrogen and oxygen atoms in total. The second-order valence-corrected chi connectivity index (χ2v) is 8.61. The van der Waals surface area contributed by atoms with Gasteiger partial charge in [0, 0.05) is 5.69 Å². The molecule has 1 atom stereocenters. The lowest BCUT2D eigenvalue weighted by Crippen LogP contribution is -2.37. The molecule has 1 unspecified atom stereocenters. The van der Waals surface area contributed by atoms with Crippen molar-refractivity contribution < 1.29 is 28.6 Å². The van der Waals surface area contributed by atoms with E-state index in [0.29, 0.717) is 11.5 Å². The molecule has 1 saturated heterocycles. The van der Waals surface area contributed by atoms with Gasteiger partial charge in [-0.2, -0.15) is 0 Å². The number of benzene rings is 2. The summed E-state index contributed by atoms with van der Waals surface area (Å²) in [6.45, 7) is 4.48. The molecule has 1 fully saturated rings. The molecule has 3 rings (SSSR count). The summed E-state index contributed by atoms with van der Waals surface area (Å²) >= 11 is 0. The molecule has 1 aliphatic rings. The van der Waals surface area contributed by atoms with Gasteiger partial charge in [-0.1, -0.05) is 38.1 Å². The van der Waals surface area contributed by atoms with Gasteiger partial charge in [-0.3, -0.25) is 14.3 Å². The number of ether oxygens (including phenoxy) is 2. The average Bonchev–Trinajstić information content (AvgIpc) is 3.02. The predicted molar refractivity (Wildman–Crippen MR) is 106 cm³/mol. The summed E-state index contributed by atoms with van der Waals surface area (Å²) in [5.41, 5.74) is 2.54. The van der Waals surface area contributed by atoms with Crippen LogP contribution in [-0.4, -0.2) is 35.1 Å². The lowest BCUT2D eigenvalue weighted by Gasteiger charge is -2.24. The highest BCUT2D eigenvalue weighted by atomic mass is 31.2. The Hall–Kier alpha value is -2.02. The zero-order chi connectivity index (χ0) is 20.3. The molecule has 0 radical (unpaired) electrons. The SMILES string of the molecule is CC(C)c1cccc(N2C(=O)COC2COCc2cccc(P(=O)(O)O)c2)c1. The van der Waals surface area contributed by atoms with Gasteiger partial charge in [0.05, 0.1) is 18.5 Å². The maximum atomic E-state index is 12.3. The van der Waals surface area contributed by atoms with Gasteiger partial charge in [0.15, 0.2) is 6.23 Å². The molecule has 0 saturated carbocycles. The van der Waals surface area contributed by atoms with Gasteiger partial charge in [-0.05, 0) is 41.3 Å². The fourth-order valence-electron chi connectivity index (χ4n) is 3.04. The van der Waals surface area contributed by atoms with Crippen LogP contribution in [-0.2, 0) is 25.4 Å². The molecule has 1 heterocycles. The second kappa shape index (κ2) is 8.55. The van der Waals surface area contributed by atoms with E-state index in [1.54, 1.807) is 17.0 Å². The van der Waals surface area contributed by atoms with Crippen molar-refractivity contribution >= 4 is 24.5 Å². The molecule has 0 aromatic heterocycles. The molecule has 0 spiro atoms. The van der Waals surface area contributed by atoms with E-state index in [-0.39, 0.29) is 31.0 Å². The molecule has 2 aromatic rings. The second-order valence-electron chi connectivity index (χ2n) is 7.01. The van der Waals surface area contributed by atoms with Gasteiger partial charge in [0.2, 0.25) is 0 Å². The molecule has 0 bridgehead atoms. The number of amides is 1. The fraction of sp³-hybridized carbons (Fsp3) is 0.350. The zero-order valence-electron chi connectivity index (χ0n) is 15.8. The van der Waals surface area contributed by atoms with Crippen LogP contribution in [0, 0.1) is 0 Å². The maximum absolute atomic E-state index is 12.3. The van der Waals surface area contributed by atoms with Crippen LogP contribution in [0.4, 0.5) is 5.69 Å². The Morgan fingerprint density at radius 1 is 1.21 bits per heavy atom. The van der Waals surface area contributed by atoms with E-state index in [1.165, 1.54) is 12.1 Å². The zero-order valence-corrected chi connectivity index (χ0v) is 16.7. The first-order chi connectivity index (χ1) is 13.3. The van der Waals surface area contributed by atoms with Crippen LogP contribution < -0.4 is 10.2 Å². The molecule has 0 aliphatic carbocycles. The van der Waals surface area contributed by atoms with Crippen LogP contribution in [0.5, 0.6) is 0 Å². The molecule has 1 amide bonds. The molecule has 2 aromatic carbocycles. The fourth-order valence-corrected chi connectivity index (χ4v) is 3.66. The molecular weight excluding hydrogens is 381 g/mol. The smallest absolute Gasteiger partial charge is 0.356 e. The Balaban J connectivity index is 1.66. The van der Waals surface area contributed by atoms with Gasteiger partial charge in [0.1, 0.15) is 6.61 Å². The van der Waals surface area contributed by atoms with Crippen molar-refractivity contribution in [2.75, 3.05) is 18.1 Å². The van der Waals surface area contributed by atoms with E-state index >= 15 is 0 Å². The van der Waals surface area contributed by atoms with Crippen LogP contribution in [0.3, 0.4) is 0 Å². The lowest BCUT2D eigenvalue weighted by atomic mass is 10.0.